The monoisotopic (exact) mass is 532 g/mol. The van der Waals surface area contributed by atoms with Gasteiger partial charge in [0, 0.05) is 21.5 Å². The number of rotatable bonds is 2. The molecule has 0 fully saturated rings. The third-order valence-corrected chi connectivity index (χ3v) is 7.84. The Balaban J connectivity index is 1.60. The van der Waals surface area contributed by atoms with E-state index in [1.807, 2.05) is 66.7 Å². The molecule has 1 nitrogen and oxygen atoms in total. The summed E-state index contributed by atoms with van der Waals surface area (Å²) < 4.78 is 112. The van der Waals surface area contributed by atoms with Gasteiger partial charge in [-0.15, -0.1) is 0 Å². The molecule has 0 aliphatic rings. The maximum Gasteiger partial charge on any atom is 0.143 e. The minimum Gasteiger partial charge on any atom is -0.455 e. The summed E-state index contributed by atoms with van der Waals surface area (Å²) in [7, 11) is 0. The molecular weight excluding hydrogens is 496 g/mol. The lowest BCUT2D eigenvalue weighted by atomic mass is 9.84. The molecule has 0 N–H and O–H groups in total. The third-order valence-electron chi connectivity index (χ3n) is 7.84. The molecule has 0 saturated heterocycles. The van der Waals surface area contributed by atoms with Crippen LogP contribution in [0.25, 0.3) is 87.3 Å². The van der Waals surface area contributed by atoms with Crippen molar-refractivity contribution in [1.82, 2.24) is 0 Å². The first-order valence-corrected chi connectivity index (χ1v) is 13.1. The molecule has 0 bridgehead atoms. The van der Waals surface area contributed by atoms with Crippen molar-refractivity contribution in [3.8, 4) is 22.3 Å². The standard InChI is InChI=1S/C40H24O/c1-2-13-26(14-3-1)37-29-17-7-9-19-31(29)38(32-20-10-8-18-30(32)37)35-24-36-34-23-22-25-12-4-5-15-27(25)39(34)41-40(36)33-21-11-6-16-28(33)35/h1-24H/i1D,2D,3D,7D,8D,9D,10D,13D,14D,17D,18D,19D. The average Bonchev–Trinajstić information content (AvgIpc) is 3.55. The lowest BCUT2D eigenvalue weighted by Gasteiger charge is -2.19. The van der Waals surface area contributed by atoms with Crippen LogP contribution >= 0.6 is 0 Å². The summed E-state index contributed by atoms with van der Waals surface area (Å²) in [6.07, 6.45) is 0. The van der Waals surface area contributed by atoms with Gasteiger partial charge in [-0.2, -0.15) is 0 Å². The van der Waals surface area contributed by atoms with Gasteiger partial charge in [0.05, 0.1) is 16.4 Å². The summed E-state index contributed by atoms with van der Waals surface area (Å²) in [4.78, 5) is 0. The topological polar surface area (TPSA) is 13.1 Å². The van der Waals surface area contributed by atoms with E-state index < -0.39 is 66.5 Å². The molecule has 0 spiro atoms. The van der Waals surface area contributed by atoms with E-state index in [1.165, 1.54) is 6.07 Å². The largest absolute Gasteiger partial charge is 0.455 e. The molecule has 1 heteroatoms. The van der Waals surface area contributed by atoms with Gasteiger partial charge in [0.1, 0.15) is 11.2 Å². The molecule has 1 aromatic heterocycles. The summed E-state index contributed by atoms with van der Waals surface area (Å²) in [5.74, 6) is 0. The summed E-state index contributed by atoms with van der Waals surface area (Å²) in [6, 6.07) is 15.7. The zero-order valence-corrected chi connectivity index (χ0v) is 21.3. The van der Waals surface area contributed by atoms with Gasteiger partial charge >= 0.3 is 0 Å². The highest BCUT2D eigenvalue weighted by molar-refractivity contribution is 6.28. The van der Waals surface area contributed by atoms with Crippen molar-refractivity contribution in [1.29, 1.82) is 0 Å². The molecule has 0 saturated carbocycles. The Hall–Kier alpha value is -5.40. The van der Waals surface area contributed by atoms with Gasteiger partial charge in [-0.05, 0) is 66.7 Å². The molecule has 9 rings (SSSR count). The van der Waals surface area contributed by atoms with Crippen LogP contribution in [0.1, 0.15) is 16.4 Å². The fourth-order valence-electron chi connectivity index (χ4n) is 6.13. The minimum atomic E-state index is -0.669. The van der Waals surface area contributed by atoms with Gasteiger partial charge in [0.15, 0.2) is 0 Å². The van der Waals surface area contributed by atoms with E-state index in [4.69, 9.17) is 16.8 Å². The molecule has 0 amide bonds. The Labute approximate surface area is 253 Å². The number of benzene rings is 8. The molecule has 1 heterocycles. The van der Waals surface area contributed by atoms with Crippen LogP contribution in [-0.2, 0) is 0 Å². The second kappa shape index (κ2) is 8.55. The van der Waals surface area contributed by atoms with Crippen molar-refractivity contribution in [2.24, 2.45) is 0 Å². The molecule has 9 aromatic rings. The van der Waals surface area contributed by atoms with Crippen molar-refractivity contribution < 1.29 is 20.9 Å². The fraction of sp³-hybridized carbons (Fsp3) is 0. The van der Waals surface area contributed by atoms with E-state index in [2.05, 4.69) is 0 Å². The molecule has 0 radical (unpaired) electrons. The predicted molar refractivity (Wildman–Crippen MR) is 175 cm³/mol. The van der Waals surface area contributed by atoms with Crippen molar-refractivity contribution in [2.45, 2.75) is 0 Å². The smallest absolute Gasteiger partial charge is 0.143 e. The molecule has 0 unspecified atom stereocenters. The quantitative estimate of drug-likeness (QED) is 0.202. The van der Waals surface area contributed by atoms with Crippen molar-refractivity contribution in [3.05, 3.63) is 145 Å². The van der Waals surface area contributed by atoms with Gasteiger partial charge in [-0.1, -0.05) is 133 Å². The highest BCUT2D eigenvalue weighted by atomic mass is 16.3. The molecule has 0 aliphatic heterocycles. The van der Waals surface area contributed by atoms with Crippen LogP contribution in [0, 0.1) is 0 Å². The van der Waals surface area contributed by atoms with Gasteiger partial charge < -0.3 is 4.42 Å². The van der Waals surface area contributed by atoms with Crippen LogP contribution in [0.5, 0.6) is 0 Å². The van der Waals surface area contributed by atoms with E-state index in [-0.39, 0.29) is 44.3 Å². The summed E-state index contributed by atoms with van der Waals surface area (Å²) in [5, 5.41) is 4.62. The number of hydrogen-bond donors (Lipinski definition) is 0. The minimum absolute atomic E-state index is 0.0235. The van der Waals surface area contributed by atoms with E-state index in [0.29, 0.717) is 32.9 Å². The fourth-order valence-corrected chi connectivity index (χ4v) is 6.13. The molecule has 8 aromatic carbocycles. The molecule has 41 heavy (non-hydrogen) atoms. The van der Waals surface area contributed by atoms with Gasteiger partial charge in [0.2, 0.25) is 0 Å². The van der Waals surface area contributed by atoms with Crippen molar-refractivity contribution in [3.63, 3.8) is 0 Å². The Morgan fingerprint density at radius 1 is 0.415 bits per heavy atom. The zero-order valence-electron chi connectivity index (χ0n) is 33.3. The van der Waals surface area contributed by atoms with Crippen molar-refractivity contribution in [2.75, 3.05) is 0 Å². The number of hydrogen-bond acceptors (Lipinski definition) is 1. The Morgan fingerprint density at radius 2 is 1.02 bits per heavy atom. The van der Waals surface area contributed by atoms with E-state index >= 15 is 0 Å². The Bertz CT molecular complexity index is 3120. The highest BCUT2D eigenvalue weighted by Crippen LogP contribution is 2.48. The first kappa shape index (κ1) is 13.8. The van der Waals surface area contributed by atoms with Crippen LogP contribution in [0.3, 0.4) is 0 Å². The molecule has 0 aliphatic carbocycles. The maximum atomic E-state index is 9.35. The summed E-state index contributed by atoms with van der Waals surface area (Å²) in [5.41, 5.74) is 1.42. The van der Waals surface area contributed by atoms with Gasteiger partial charge in [-0.25, -0.2) is 0 Å². The summed E-state index contributed by atoms with van der Waals surface area (Å²) >= 11 is 0. The lowest BCUT2D eigenvalue weighted by molar-refractivity contribution is 0.676. The normalized spacial score (nSPS) is 16.0. The van der Waals surface area contributed by atoms with E-state index in [0.717, 1.165) is 16.2 Å². The van der Waals surface area contributed by atoms with E-state index in [9.17, 15) is 4.11 Å². The van der Waals surface area contributed by atoms with Gasteiger partial charge in [-0.3, -0.25) is 0 Å². The lowest BCUT2D eigenvalue weighted by Crippen LogP contribution is -1.91. The van der Waals surface area contributed by atoms with Crippen LogP contribution in [0.15, 0.2) is 150 Å². The van der Waals surface area contributed by atoms with Crippen LogP contribution < -0.4 is 0 Å². The molecule has 190 valence electrons. The number of furan rings is 1. The predicted octanol–water partition coefficient (Wildman–Crippen LogP) is 11.5. The second-order valence-corrected chi connectivity index (χ2v) is 9.94. The Morgan fingerprint density at radius 3 is 1.85 bits per heavy atom. The maximum absolute atomic E-state index is 9.35. The highest BCUT2D eigenvalue weighted by Gasteiger charge is 2.21. The first-order chi connectivity index (χ1) is 25.3. The first-order valence-electron chi connectivity index (χ1n) is 19.1. The average molecular weight is 533 g/mol. The summed E-state index contributed by atoms with van der Waals surface area (Å²) in [6.45, 7) is 0. The van der Waals surface area contributed by atoms with Crippen LogP contribution in [0.4, 0.5) is 0 Å². The van der Waals surface area contributed by atoms with Gasteiger partial charge in [0.25, 0.3) is 0 Å². The second-order valence-electron chi connectivity index (χ2n) is 9.94. The van der Waals surface area contributed by atoms with Crippen LogP contribution in [-0.4, -0.2) is 0 Å². The number of fused-ring (bicyclic) bond motifs is 9. The third kappa shape index (κ3) is 3.18. The SMILES string of the molecule is [2H]c1cc2c(-c3cc4c5ccc6ccccc6c5oc4c4ccccc34)c3c([2H])c([2H])c([2H])c([2H])c3c(-c3c([2H])c([2H])c([2H])c([2H])c3[2H])c2c([2H])c1[2H]. The molecular formula is C40H24O. The van der Waals surface area contributed by atoms with E-state index in [1.54, 1.807) is 0 Å². The molecule has 0 atom stereocenters. The van der Waals surface area contributed by atoms with Crippen molar-refractivity contribution >= 4 is 65.0 Å². The zero-order chi connectivity index (χ0) is 37.4. The van der Waals surface area contributed by atoms with Crippen LogP contribution in [0.2, 0.25) is 0 Å². The Kier molecular flexibility index (Phi) is 2.87.